The molecule has 0 bridgehead atoms. The number of rotatable bonds is 6. The summed E-state index contributed by atoms with van der Waals surface area (Å²) >= 11 is 1.40. The van der Waals surface area contributed by atoms with Crippen LogP contribution in [0, 0.1) is 6.92 Å². The van der Waals surface area contributed by atoms with Crippen LogP contribution < -0.4 is 5.32 Å². The van der Waals surface area contributed by atoms with Gasteiger partial charge in [0.15, 0.2) is 0 Å². The van der Waals surface area contributed by atoms with E-state index in [9.17, 15) is 9.59 Å². The van der Waals surface area contributed by atoms with Crippen LogP contribution in [0.5, 0.6) is 0 Å². The first-order valence-corrected chi connectivity index (χ1v) is 8.89. The van der Waals surface area contributed by atoms with Crippen molar-refractivity contribution in [3.05, 3.63) is 33.7 Å². The highest BCUT2D eigenvalue weighted by molar-refractivity contribution is 7.14. The van der Waals surface area contributed by atoms with Crippen molar-refractivity contribution in [2.75, 3.05) is 26.8 Å². The Kier molecular flexibility index (Phi) is 5.44. The van der Waals surface area contributed by atoms with Crippen molar-refractivity contribution in [1.82, 2.24) is 20.4 Å². The minimum absolute atomic E-state index is 0.0125. The van der Waals surface area contributed by atoms with Crippen molar-refractivity contribution in [2.24, 2.45) is 0 Å². The van der Waals surface area contributed by atoms with Crippen LogP contribution >= 0.6 is 11.3 Å². The standard InChI is InChI=1S/C16H20N4O4S/c1-10-18-19-15(24-10)16(22)20-8-3-4-11(20)12-5-6-13(25-12)14(21)17-7-9-23-2/h5-6,11H,3-4,7-9H2,1-2H3,(H,17,21)/t11-/m1/s1. The van der Waals surface area contributed by atoms with Crippen LogP contribution in [0.15, 0.2) is 16.5 Å². The van der Waals surface area contributed by atoms with E-state index in [0.29, 0.717) is 30.5 Å². The molecule has 1 aliphatic rings. The Balaban J connectivity index is 1.70. The Morgan fingerprint density at radius 2 is 2.28 bits per heavy atom. The normalized spacial score (nSPS) is 17.0. The minimum atomic E-state index is -0.261. The second-order valence-electron chi connectivity index (χ2n) is 5.73. The van der Waals surface area contributed by atoms with Crippen molar-refractivity contribution >= 4 is 23.2 Å². The number of nitrogens with zero attached hydrogens (tertiary/aromatic N) is 3. The average Bonchev–Trinajstić information content (AvgIpc) is 3.33. The predicted octanol–water partition coefficient (Wildman–Crippen LogP) is 1.79. The molecule has 134 valence electrons. The molecule has 1 N–H and O–H groups in total. The number of amides is 2. The summed E-state index contributed by atoms with van der Waals surface area (Å²) < 4.78 is 10.2. The number of carbonyl (C=O) groups excluding carboxylic acids is 2. The third kappa shape index (κ3) is 3.88. The van der Waals surface area contributed by atoms with E-state index in [2.05, 4.69) is 15.5 Å². The van der Waals surface area contributed by atoms with Gasteiger partial charge in [-0.3, -0.25) is 9.59 Å². The van der Waals surface area contributed by atoms with E-state index in [0.717, 1.165) is 17.7 Å². The summed E-state index contributed by atoms with van der Waals surface area (Å²) in [6.07, 6.45) is 1.75. The van der Waals surface area contributed by atoms with Gasteiger partial charge in [0.05, 0.1) is 17.5 Å². The lowest BCUT2D eigenvalue weighted by atomic mass is 10.2. The Bertz CT molecular complexity index is 757. The number of aromatic nitrogens is 2. The summed E-state index contributed by atoms with van der Waals surface area (Å²) in [5.41, 5.74) is 0. The topological polar surface area (TPSA) is 97.6 Å². The lowest BCUT2D eigenvalue weighted by Crippen LogP contribution is -2.30. The molecule has 3 heterocycles. The maximum Gasteiger partial charge on any atom is 0.311 e. The second kappa shape index (κ2) is 7.75. The Labute approximate surface area is 149 Å². The summed E-state index contributed by atoms with van der Waals surface area (Å²) in [7, 11) is 1.59. The number of ether oxygens (including phenoxy) is 1. The van der Waals surface area contributed by atoms with Crippen molar-refractivity contribution < 1.29 is 18.7 Å². The minimum Gasteiger partial charge on any atom is -0.417 e. The number of hydrogen-bond acceptors (Lipinski definition) is 7. The van der Waals surface area contributed by atoms with Gasteiger partial charge in [-0.2, -0.15) is 0 Å². The Hall–Kier alpha value is -2.26. The van der Waals surface area contributed by atoms with E-state index in [1.165, 1.54) is 11.3 Å². The molecule has 0 unspecified atom stereocenters. The van der Waals surface area contributed by atoms with Gasteiger partial charge < -0.3 is 19.4 Å². The lowest BCUT2D eigenvalue weighted by Gasteiger charge is -2.22. The molecule has 1 fully saturated rings. The van der Waals surface area contributed by atoms with Crippen LogP contribution in [0.3, 0.4) is 0 Å². The molecule has 3 rings (SSSR count). The predicted molar refractivity (Wildman–Crippen MR) is 90.6 cm³/mol. The van der Waals surface area contributed by atoms with Crippen LogP contribution in [0.4, 0.5) is 0 Å². The molecule has 0 spiro atoms. The molecule has 2 amide bonds. The van der Waals surface area contributed by atoms with Crippen molar-refractivity contribution in [1.29, 1.82) is 0 Å². The van der Waals surface area contributed by atoms with Gasteiger partial charge in [-0.15, -0.1) is 21.5 Å². The van der Waals surface area contributed by atoms with Crippen molar-refractivity contribution in [3.8, 4) is 0 Å². The molecule has 0 radical (unpaired) electrons. The fourth-order valence-electron chi connectivity index (χ4n) is 2.82. The fourth-order valence-corrected chi connectivity index (χ4v) is 3.89. The third-order valence-electron chi connectivity index (χ3n) is 3.99. The molecular formula is C16H20N4O4S. The monoisotopic (exact) mass is 364 g/mol. The van der Waals surface area contributed by atoms with Crippen LogP contribution in [-0.4, -0.2) is 53.7 Å². The summed E-state index contributed by atoms with van der Waals surface area (Å²) in [6.45, 7) is 3.22. The maximum absolute atomic E-state index is 12.6. The molecule has 9 heteroatoms. The molecule has 1 aliphatic heterocycles. The highest BCUT2D eigenvalue weighted by atomic mass is 32.1. The van der Waals surface area contributed by atoms with Gasteiger partial charge in [-0.25, -0.2) is 0 Å². The summed E-state index contributed by atoms with van der Waals surface area (Å²) in [5.74, 6) is -0.0111. The van der Waals surface area contributed by atoms with Gasteiger partial charge in [-0.05, 0) is 25.0 Å². The fraction of sp³-hybridized carbons (Fsp3) is 0.500. The second-order valence-corrected chi connectivity index (χ2v) is 6.85. The molecule has 1 saturated heterocycles. The molecule has 2 aromatic rings. The first-order valence-electron chi connectivity index (χ1n) is 8.08. The SMILES string of the molecule is COCCNC(=O)c1ccc([C@H]2CCCN2C(=O)c2nnc(C)o2)s1. The molecular weight excluding hydrogens is 344 g/mol. The Morgan fingerprint density at radius 3 is 3.00 bits per heavy atom. The molecule has 1 atom stereocenters. The lowest BCUT2D eigenvalue weighted by molar-refractivity contribution is 0.0695. The van der Waals surface area contributed by atoms with Gasteiger partial charge in [0.1, 0.15) is 0 Å². The van der Waals surface area contributed by atoms with E-state index in [4.69, 9.17) is 9.15 Å². The van der Waals surface area contributed by atoms with Gasteiger partial charge in [0.25, 0.3) is 5.91 Å². The Morgan fingerprint density at radius 1 is 1.44 bits per heavy atom. The van der Waals surface area contributed by atoms with Crippen LogP contribution in [0.1, 0.15) is 50.0 Å². The number of carbonyl (C=O) groups is 2. The van der Waals surface area contributed by atoms with Crippen LogP contribution in [0.25, 0.3) is 0 Å². The van der Waals surface area contributed by atoms with Crippen LogP contribution in [0.2, 0.25) is 0 Å². The first-order chi connectivity index (χ1) is 12.1. The zero-order valence-corrected chi connectivity index (χ0v) is 15.0. The number of methoxy groups -OCH3 is 1. The highest BCUT2D eigenvalue weighted by Crippen LogP contribution is 2.36. The third-order valence-corrected chi connectivity index (χ3v) is 5.18. The van der Waals surface area contributed by atoms with E-state index in [1.54, 1.807) is 25.0 Å². The quantitative estimate of drug-likeness (QED) is 0.785. The van der Waals surface area contributed by atoms with Gasteiger partial charge in [-0.1, -0.05) is 0 Å². The highest BCUT2D eigenvalue weighted by Gasteiger charge is 2.34. The zero-order chi connectivity index (χ0) is 17.8. The molecule has 25 heavy (non-hydrogen) atoms. The first kappa shape index (κ1) is 17.6. The number of likely N-dealkylation sites (tertiary alicyclic amines) is 1. The summed E-state index contributed by atoms with van der Waals surface area (Å²) in [5, 5.41) is 10.3. The average molecular weight is 364 g/mol. The number of nitrogens with one attached hydrogen (secondary N) is 1. The van der Waals surface area contributed by atoms with Crippen LogP contribution in [-0.2, 0) is 4.74 Å². The largest absolute Gasteiger partial charge is 0.417 e. The summed E-state index contributed by atoms with van der Waals surface area (Å²) in [4.78, 5) is 28.1. The van der Waals surface area contributed by atoms with Gasteiger partial charge in [0.2, 0.25) is 5.89 Å². The van der Waals surface area contributed by atoms with E-state index < -0.39 is 0 Å². The molecule has 8 nitrogen and oxygen atoms in total. The number of aryl methyl sites for hydroxylation is 1. The maximum atomic E-state index is 12.6. The van der Waals surface area contributed by atoms with E-state index >= 15 is 0 Å². The van der Waals surface area contributed by atoms with Gasteiger partial charge >= 0.3 is 11.8 Å². The van der Waals surface area contributed by atoms with E-state index in [1.807, 2.05) is 6.07 Å². The molecule has 0 saturated carbocycles. The number of thiophene rings is 1. The summed E-state index contributed by atoms with van der Waals surface area (Å²) in [6, 6.07) is 3.63. The van der Waals surface area contributed by atoms with Crippen molar-refractivity contribution in [2.45, 2.75) is 25.8 Å². The van der Waals surface area contributed by atoms with Gasteiger partial charge in [0, 0.05) is 32.0 Å². The van der Waals surface area contributed by atoms with E-state index in [-0.39, 0.29) is 23.7 Å². The van der Waals surface area contributed by atoms with Crippen molar-refractivity contribution in [3.63, 3.8) is 0 Å². The smallest absolute Gasteiger partial charge is 0.311 e. The molecule has 2 aromatic heterocycles. The number of hydrogen-bond donors (Lipinski definition) is 1. The zero-order valence-electron chi connectivity index (χ0n) is 14.2. The molecule has 0 aliphatic carbocycles. The molecule has 0 aromatic carbocycles.